The monoisotopic (exact) mass is 349 g/mol. The van der Waals surface area contributed by atoms with Crippen molar-refractivity contribution in [2.24, 2.45) is 0 Å². The molecule has 0 aliphatic carbocycles. The van der Waals surface area contributed by atoms with Gasteiger partial charge in [-0.1, -0.05) is 90.1 Å². The molecule has 0 heterocycles. The van der Waals surface area contributed by atoms with Gasteiger partial charge in [-0.2, -0.15) is 14.7 Å². The van der Waals surface area contributed by atoms with Crippen LogP contribution in [0.4, 0.5) is 0 Å². The summed E-state index contributed by atoms with van der Waals surface area (Å²) in [6, 6.07) is 17.4. The van der Waals surface area contributed by atoms with Crippen molar-refractivity contribution in [3.63, 3.8) is 0 Å². The number of hydrogen-bond donors (Lipinski definition) is 3. The second-order valence-corrected chi connectivity index (χ2v) is 9.57. The van der Waals surface area contributed by atoms with Crippen LogP contribution in [0.3, 0.4) is 0 Å². The minimum atomic E-state index is -3.97. The zero-order chi connectivity index (χ0) is 18.6. The number of rotatable bonds is 1. The SMILES string of the molecule is CC(C)(C)c1ccc([P+](O)(O)O)c(C(C)(C)C)c1.c1ccccc1. The van der Waals surface area contributed by atoms with Gasteiger partial charge in [0.05, 0.1) is 0 Å². The maximum atomic E-state index is 9.55. The summed E-state index contributed by atoms with van der Waals surface area (Å²) in [5.74, 6) is 0. The van der Waals surface area contributed by atoms with Gasteiger partial charge in [0.25, 0.3) is 0 Å². The first-order chi connectivity index (χ1) is 10.8. The maximum absolute atomic E-state index is 9.55. The summed E-state index contributed by atoms with van der Waals surface area (Å²) in [6.45, 7) is 12.3. The van der Waals surface area contributed by atoms with Crippen LogP contribution in [0.2, 0.25) is 0 Å². The Bertz CT molecular complexity index is 606. The van der Waals surface area contributed by atoms with E-state index in [1.807, 2.05) is 69.3 Å². The van der Waals surface area contributed by atoms with Gasteiger partial charge in [0.15, 0.2) is 5.30 Å². The first-order valence-electron chi connectivity index (χ1n) is 8.06. The van der Waals surface area contributed by atoms with Crippen molar-refractivity contribution in [1.29, 1.82) is 0 Å². The van der Waals surface area contributed by atoms with Crippen molar-refractivity contribution in [2.75, 3.05) is 0 Å². The molecule has 0 aliphatic rings. The Kier molecular flexibility index (Phi) is 6.72. The highest BCUT2D eigenvalue weighted by Crippen LogP contribution is 2.46. The normalized spacial score (nSPS) is 12.4. The summed E-state index contributed by atoms with van der Waals surface area (Å²) in [5.41, 5.74) is 1.64. The molecule has 0 fully saturated rings. The van der Waals surface area contributed by atoms with E-state index in [9.17, 15) is 14.7 Å². The van der Waals surface area contributed by atoms with E-state index in [2.05, 4.69) is 20.8 Å². The summed E-state index contributed by atoms with van der Waals surface area (Å²) >= 11 is 0. The van der Waals surface area contributed by atoms with Crippen LogP contribution in [0.1, 0.15) is 52.7 Å². The van der Waals surface area contributed by atoms with Crippen LogP contribution in [-0.4, -0.2) is 14.7 Å². The van der Waals surface area contributed by atoms with Crippen LogP contribution in [0.15, 0.2) is 54.6 Å². The molecule has 24 heavy (non-hydrogen) atoms. The Balaban J connectivity index is 0.000000400. The third kappa shape index (κ3) is 6.33. The molecule has 0 saturated heterocycles. The quantitative estimate of drug-likeness (QED) is 0.672. The van der Waals surface area contributed by atoms with Gasteiger partial charge in [-0.15, -0.1) is 0 Å². The van der Waals surface area contributed by atoms with Crippen LogP contribution in [0.5, 0.6) is 0 Å². The topological polar surface area (TPSA) is 60.7 Å². The van der Waals surface area contributed by atoms with Crippen LogP contribution in [-0.2, 0) is 10.8 Å². The lowest BCUT2D eigenvalue weighted by Gasteiger charge is -2.26. The zero-order valence-corrected chi connectivity index (χ0v) is 16.4. The third-order valence-corrected chi connectivity index (χ3v) is 4.70. The average Bonchev–Trinajstić information content (AvgIpc) is 2.46. The van der Waals surface area contributed by atoms with E-state index in [1.165, 1.54) is 0 Å². The summed E-state index contributed by atoms with van der Waals surface area (Å²) in [4.78, 5) is 28.6. The minimum Gasteiger partial charge on any atom is -0.189 e. The molecular weight excluding hydrogens is 319 g/mol. The Morgan fingerprint density at radius 2 is 1.08 bits per heavy atom. The van der Waals surface area contributed by atoms with E-state index < -0.39 is 7.94 Å². The van der Waals surface area contributed by atoms with Gasteiger partial charge in [-0.05, 0) is 22.5 Å². The summed E-state index contributed by atoms with van der Waals surface area (Å²) < 4.78 is 0. The predicted octanol–water partition coefficient (Wildman–Crippen LogP) is 4.33. The van der Waals surface area contributed by atoms with Gasteiger partial charge in [-0.25, -0.2) is 0 Å². The molecule has 0 spiro atoms. The largest absolute Gasteiger partial charge is 0.441 e. The van der Waals surface area contributed by atoms with Gasteiger partial charge >= 0.3 is 7.94 Å². The van der Waals surface area contributed by atoms with Gasteiger partial charge in [0.2, 0.25) is 0 Å². The standard InChI is InChI=1S/C14H24O3P.C6H6/c1-13(2,3)10-7-8-12(18(15,16)17)11(9-10)14(4,5)6;1-2-4-6-5-3-1/h7-9,15-17H,1-6H3;1-6H/q+1;. The molecule has 2 rings (SSSR count). The molecule has 2 aromatic carbocycles. The van der Waals surface area contributed by atoms with Gasteiger partial charge in [0, 0.05) is 5.56 Å². The van der Waals surface area contributed by atoms with Crippen molar-refractivity contribution in [3.05, 3.63) is 65.7 Å². The van der Waals surface area contributed by atoms with Crippen LogP contribution in [0.25, 0.3) is 0 Å². The summed E-state index contributed by atoms with van der Waals surface area (Å²) in [7, 11) is -3.97. The van der Waals surface area contributed by atoms with Gasteiger partial charge < -0.3 is 0 Å². The van der Waals surface area contributed by atoms with Crippen LogP contribution in [0, 0.1) is 0 Å². The van der Waals surface area contributed by atoms with Crippen molar-refractivity contribution < 1.29 is 14.7 Å². The Morgan fingerprint density at radius 3 is 1.38 bits per heavy atom. The van der Waals surface area contributed by atoms with Crippen LogP contribution < -0.4 is 5.30 Å². The van der Waals surface area contributed by atoms with Crippen molar-refractivity contribution in [1.82, 2.24) is 0 Å². The Morgan fingerprint density at radius 1 is 0.667 bits per heavy atom. The molecule has 0 amide bonds. The van der Waals surface area contributed by atoms with Crippen LogP contribution >= 0.6 is 7.94 Å². The minimum absolute atomic E-state index is 0.0139. The fourth-order valence-electron chi connectivity index (χ4n) is 2.25. The van der Waals surface area contributed by atoms with E-state index >= 15 is 0 Å². The molecule has 0 radical (unpaired) electrons. The second kappa shape index (κ2) is 7.76. The molecule has 0 bridgehead atoms. The Hall–Kier alpha value is -1.25. The Labute approximate surface area is 146 Å². The molecule has 0 saturated carbocycles. The van der Waals surface area contributed by atoms with E-state index in [0.29, 0.717) is 0 Å². The highest BCUT2D eigenvalue weighted by atomic mass is 31.2. The highest BCUT2D eigenvalue weighted by molar-refractivity contribution is 7.66. The van der Waals surface area contributed by atoms with Crippen molar-refractivity contribution >= 4 is 13.2 Å². The average molecular weight is 349 g/mol. The molecule has 3 nitrogen and oxygen atoms in total. The lowest BCUT2D eigenvalue weighted by atomic mass is 9.81. The first kappa shape index (κ1) is 20.8. The van der Waals surface area contributed by atoms with E-state index in [0.717, 1.165) is 11.1 Å². The lowest BCUT2D eigenvalue weighted by molar-refractivity contribution is 0.346. The summed E-state index contributed by atoms with van der Waals surface area (Å²) in [6.07, 6.45) is 0. The van der Waals surface area contributed by atoms with E-state index in [-0.39, 0.29) is 16.1 Å². The zero-order valence-electron chi connectivity index (χ0n) is 15.5. The molecule has 2 aromatic rings. The van der Waals surface area contributed by atoms with Gasteiger partial charge in [0.1, 0.15) is 0 Å². The molecule has 0 unspecified atom stereocenters. The van der Waals surface area contributed by atoms with E-state index in [1.54, 1.807) is 6.07 Å². The highest BCUT2D eigenvalue weighted by Gasteiger charge is 2.40. The van der Waals surface area contributed by atoms with Gasteiger partial charge in [-0.3, -0.25) is 0 Å². The van der Waals surface area contributed by atoms with E-state index in [4.69, 9.17) is 0 Å². The second-order valence-electron chi connectivity index (χ2n) is 7.95. The molecule has 0 atom stereocenters. The molecule has 4 heteroatoms. The maximum Gasteiger partial charge on any atom is 0.441 e. The third-order valence-electron chi connectivity index (χ3n) is 3.66. The fraction of sp³-hybridized carbons (Fsp3) is 0.400. The first-order valence-corrected chi connectivity index (χ1v) is 9.71. The molecule has 0 aliphatic heterocycles. The molecule has 0 aromatic heterocycles. The predicted molar refractivity (Wildman–Crippen MR) is 103 cm³/mol. The number of benzene rings is 2. The summed E-state index contributed by atoms with van der Waals surface area (Å²) in [5, 5.41) is 0.253. The lowest BCUT2D eigenvalue weighted by Crippen LogP contribution is -2.26. The fourth-order valence-corrected chi connectivity index (χ4v) is 3.25. The van der Waals surface area contributed by atoms with Crippen molar-refractivity contribution in [2.45, 2.75) is 52.4 Å². The number of hydrogen-bond acceptors (Lipinski definition) is 3. The van der Waals surface area contributed by atoms with Crippen molar-refractivity contribution in [3.8, 4) is 0 Å². The molecular formula is C20H30O3P+. The molecule has 3 N–H and O–H groups in total. The molecule has 132 valence electrons. The smallest absolute Gasteiger partial charge is 0.189 e.